The average Bonchev–Trinajstić information content (AvgIpc) is 2.23. The molecule has 0 aromatic rings. The fourth-order valence-corrected chi connectivity index (χ4v) is 1.23. The van der Waals surface area contributed by atoms with Crippen LogP contribution < -0.4 is 10.6 Å². The van der Waals surface area contributed by atoms with Crippen LogP contribution >= 0.6 is 0 Å². The molecule has 0 heterocycles. The second-order valence-corrected chi connectivity index (χ2v) is 4.66. The van der Waals surface area contributed by atoms with E-state index in [1.807, 2.05) is 20.8 Å². The van der Waals surface area contributed by atoms with E-state index in [-0.39, 0.29) is 11.5 Å². The highest BCUT2D eigenvalue weighted by Crippen LogP contribution is 2.06. The van der Waals surface area contributed by atoms with Gasteiger partial charge >= 0.3 is 0 Å². The van der Waals surface area contributed by atoms with Crippen molar-refractivity contribution in [2.45, 2.75) is 52.7 Å². The maximum Gasteiger partial charge on any atom is 0.234 e. The molecular formula is C12H26N2O2. The second kappa shape index (κ2) is 7.63. The number of carbonyl (C=O) groups is 1. The molecule has 1 atom stereocenters. The van der Waals surface area contributed by atoms with Crippen LogP contribution in [0.1, 0.15) is 41.0 Å². The van der Waals surface area contributed by atoms with E-state index in [1.165, 1.54) is 0 Å². The van der Waals surface area contributed by atoms with E-state index in [0.29, 0.717) is 25.7 Å². The molecule has 16 heavy (non-hydrogen) atoms. The number of hydrogen-bond donors (Lipinski definition) is 2. The minimum absolute atomic E-state index is 0.0214. The number of nitrogens with one attached hydrogen (secondary N) is 2. The van der Waals surface area contributed by atoms with Gasteiger partial charge in [-0.3, -0.25) is 4.79 Å². The first kappa shape index (κ1) is 15.4. The number of hydrogen-bond acceptors (Lipinski definition) is 3. The van der Waals surface area contributed by atoms with Crippen LogP contribution in [0.5, 0.6) is 0 Å². The molecule has 0 aliphatic rings. The number of amides is 1. The summed E-state index contributed by atoms with van der Waals surface area (Å²) in [5, 5.41) is 6.01. The zero-order valence-electron chi connectivity index (χ0n) is 11.2. The average molecular weight is 230 g/mol. The summed E-state index contributed by atoms with van der Waals surface area (Å²) in [5.74, 6) is 0.0214. The number of rotatable bonds is 8. The molecule has 0 spiro atoms. The maximum atomic E-state index is 11.5. The van der Waals surface area contributed by atoms with Crippen molar-refractivity contribution in [3.8, 4) is 0 Å². The molecule has 96 valence electrons. The summed E-state index contributed by atoms with van der Waals surface area (Å²) in [6.45, 7) is 11.6. The summed E-state index contributed by atoms with van der Waals surface area (Å²) >= 11 is 0. The van der Waals surface area contributed by atoms with Crippen molar-refractivity contribution in [2.75, 3.05) is 19.7 Å². The molecule has 0 aliphatic carbocycles. The Labute approximate surface area is 99.1 Å². The predicted octanol–water partition coefficient (Wildman–Crippen LogP) is 1.31. The lowest BCUT2D eigenvalue weighted by Gasteiger charge is -2.25. The molecule has 0 bridgehead atoms. The van der Waals surface area contributed by atoms with E-state index in [9.17, 15) is 4.79 Å². The first-order valence-electron chi connectivity index (χ1n) is 6.05. The van der Waals surface area contributed by atoms with Gasteiger partial charge in [0, 0.05) is 19.2 Å². The molecule has 0 radical (unpaired) electrons. The quantitative estimate of drug-likeness (QED) is 0.661. The minimum atomic E-state index is -0.291. The van der Waals surface area contributed by atoms with Crippen molar-refractivity contribution in [1.82, 2.24) is 10.6 Å². The molecular weight excluding hydrogens is 204 g/mol. The van der Waals surface area contributed by atoms with Gasteiger partial charge in [0.1, 0.15) is 0 Å². The third kappa shape index (κ3) is 7.65. The topological polar surface area (TPSA) is 50.4 Å². The van der Waals surface area contributed by atoms with E-state index < -0.39 is 0 Å². The van der Waals surface area contributed by atoms with E-state index in [4.69, 9.17) is 4.74 Å². The summed E-state index contributed by atoms with van der Waals surface area (Å²) in [4.78, 5) is 11.5. The van der Waals surface area contributed by atoms with Crippen LogP contribution in [-0.4, -0.2) is 37.2 Å². The highest BCUT2D eigenvalue weighted by molar-refractivity contribution is 5.78. The third-order valence-electron chi connectivity index (χ3n) is 2.47. The van der Waals surface area contributed by atoms with Crippen LogP contribution in [0.15, 0.2) is 0 Å². The third-order valence-corrected chi connectivity index (χ3v) is 2.47. The molecule has 0 fully saturated rings. The lowest BCUT2D eigenvalue weighted by molar-refractivity contribution is -0.121. The zero-order valence-corrected chi connectivity index (χ0v) is 11.2. The van der Waals surface area contributed by atoms with Gasteiger partial charge in [0.25, 0.3) is 0 Å². The summed E-state index contributed by atoms with van der Waals surface area (Å²) in [6.07, 6.45) is 1.03. The molecule has 0 aromatic heterocycles. The lowest BCUT2D eigenvalue weighted by atomic mass is 10.1. The zero-order chi connectivity index (χ0) is 12.6. The molecule has 2 N–H and O–H groups in total. The summed E-state index contributed by atoms with van der Waals surface area (Å²) in [6, 6.07) is 0.380. The standard InChI is InChI=1S/C12H26N2O2/c1-6-10(3)13-8-11(15)14-9-12(4,5)16-7-2/h10,13H,6-9H2,1-5H3,(H,14,15). The van der Waals surface area contributed by atoms with Crippen molar-refractivity contribution < 1.29 is 9.53 Å². The van der Waals surface area contributed by atoms with E-state index in [2.05, 4.69) is 24.5 Å². The lowest BCUT2D eigenvalue weighted by Crippen LogP contribution is -2.44. The number of carbonyl (C=O) groups excluding carboxylic acids is 1. The van der Waals surface area contributed by atoms with Crippen molar-refractivity contribution in [3.05, 3.63) is 0 Å². The molecule has 0 saturated heterocycles. The van der Waals surface area contributed by atoms with Gasteiger partial charge in [0.15, 0.2) is 0 Å². The number of ether oxygens (including phenoxy) is 1. The van der Waals surface area contributed by atoms with Crippen molar-refractivity contribution >= 4 is 5.91 Å². The maximum absolute atomic E-state index is 11.5. The van der Waals surface area contributed by atoms with Crippen LogP contribution in [0.3, 0.4) is 0 Å². The van der Waals surface area contributed by atoms with Crippen LogP contribution in [-0.2, 0) is 9.53 Å². The molecule has 1 amide bonds. The SMILES string of the molecule is CCOC(C)(C)CNC(=O)CNC(C)CC. The predicted molar refractivity (Wildman–Crippen MR) is 66.5 cm³/mol. The van der Waals surface area contributed by atoms with Crippen LogP contribution in [0, 0.1) is 0 Å². The molecule has 0 saturated carbocycles. The van der Waals surface area contributed by atoms with Gasteiger partial charge in [-0.05, 0) is 34.1 Å². The minimum Gasteiger partial charge on any atom is -0.374 e. The molecule has 0 aromatic carbocycles. The first-order chi connectivity index (χ1) is 7.41. The van der Waals surface area contributed by atoms with Crippen molar-refractivity contribution in [1.29, 1.82) is 0 Å². The Kier molecular flexibility index (Phi) is 7.34. The Bertz CT molecular complexity index is 205. The van der Waals surface area contributed by atoms with Crippen molar-refractivity contribution in [2.24, 2.45) is 0 Å². The monoisotopic (exact) mass is 230 g/mol. The fourth-order valence-electron chi connectivity index (χ4n) is 1.23. The Morgan fingerprint density at radius 1 is 1.38 bits per heavy atom. The van der Waals surface area contributed by atoms with Crippen LogP contribution in [0.4, 0.5) is 0 Å². The fraction of sp³-hybridized carbons (Fsp3) is 0.917. The molecule has 4 nitrogen and oxygen atoms in total. The largest absolute Gasteiger partial charge is 0.374 e. The van der Waals surface area contributed by atoms with Gasteiger partial charge in [-0.25, -0.2) is 0 Å². The van der Waals surface area contributed by atoms with E-state index >= 15 is 0 Å². The molecule has 1 unspecified atom stereocenters. The van der Waals surface area contributed by atoms with Gasteiger partial charge in [-0.2, -0.15) is 0 Å². The highest BCUT2D eigenvalue weighted by Gasteiger charge is 2.18. The van der Waals surface area contributed by atoms with Gasteiger partial charge in [-0.15, -0.1) is 0 Å². The second-order valence-electron chi connectivity index (χ2n) is 4.66. The van der Waals surface area contributed by atoms with Crippen LogP contribution in [0.25, 0.3) is 0 Å². The molecule has 4 heteroatoms. The molecule has 0 rings (SSSR count). The van der Waals surface area contributed by atoms with Gasteiger partial charge in [0.05, 0.1) is 12.1 Å². The van der Waals surface area contributed by atoms with E-state index in [0.717, 1.165) is 6.42 Å². The summed E-state index contributed by atoms with van der Waals surface area (Å²) in [7, 11) is 0. The normalized spacial score (nSPS) is 13.6. The Morgan fingerprint density at radius 2 is 2.00 bits per heavy atom. The van der Waals surface area contributed by atoms with Crippen molar-refractivity contribution in [3.63, 3.8) is 0 Å². The Hall–Kier alpha value is -0.610. The van der Waals surface area contributed by atoms with Gasteiger partial charge in [0.2, 0.25) is 5.91 Å². The molecule has 0 aliphatic heterocycles. The Morgan fingerprint density at radius 3 is 2.50 bits per heavy atom. The van der Waals surface area contributed by atoms with Gasteiger partial charge in [-0.1, -0.05) is 6.92 Å². The summed E-state index contributed by atoms with van der Waals surface area (Å²) < 4.78 is 5.49. The van der Waals surface area contributed by atoms with E-state index in [1.54, 1.807) is 0 Å². The van der Waals surface area contributed by atoms with Gasteiger partial charge < -0.3 is 15.4 Å². The summed E-state index contributed by atoms with van der Waals surface area (Å²) in [5.41, 5.74) is -0.291. The van der Waals surface area contributed by atoms with Crippen LogP contribution in [0.2, 0.25) is 0 Å². The highest BCUT2D eigenvalue weighted by atomic mass is 16.5. The smallest absolute Gasteiger partial charge is 0.234 e. The first-order valence-corrected chi connectivity index (χ1v) is 6.05. The Balaban J connectivity index is 3.72.